The van der Waals surface area contributed by atoms with E-state index in [1.165, 1.54) is 0 Å². The number of methoxy groups -OCH3 is 1. The van der Waals surface area contributed by atoms with Gasteiger partial charge in [0.1, 0.15) is 0 Å². The zero-order valence-corrected chi connectivity index (χ0v) is 14.3. The maximum Gasteiger partial charge on any atom is 0.322 e. The number of aromatic nitrogens is 2. The Morgan fingerprint density at radius 2 is 2.38 bits per heavy atom. The van der Waals surface area contributed by atoms with E-state index in [9.17, 15) is 4.79 Å². The average molecular weight is 349 g/mol. The Balaban J connectivity index is 1.80. The van der Waals surface area contributed by atoms with Crippen molar-refractivity contribution in [1.82, 2.24) is 15.1 Å². The van der Waals surface area contributed by atoms with E-state index in [0.29, 0.717) is 17.3 Å². The lowest BCUT2D eigenvalue weighted by Gasteiger charge is -2.35. The fourth-order valence-electron chi connectivity index (χ4n) is 3.12. The molecule has 1 saturated heterocycles. The van der Waals surface area contributed by atoms with Crippen LogP contribution in [0.3, 0.4) is 0 Å². The lowest BCUT2D eigenvalue weighted by atomic mass is 9.98. The first-order valence-corrected chi connectivity index (χ1v) is 8.41. The number of nitrogens with one attached hydrogen (secondary N) is 2. The highest BCUT2D eigenvalue weighted by Gasteiger charge is 2.29. The number of piperidine rings is 1. The molecular weight excluding hydrogens is 328 g/mol. The third kappa shape index (κ3) is 3.55. The summed E-state index contributed by atoms with van der Waals surface area (Å²) in [4.78, 5) is 14.7. The Morgan fingerprint density at radius 3 is 3.12 bits per heavy atom. The molecule has 0 unspecified atom stereocenters. The van der Waals surface area contributed by atoms with E-state index in [1.54, 1.807) is 19.4 Å². The third-order valence-corrected chi connectivity index (χ3v) is 4.67. The van der Waals surface area contributed by atoms with Crippen LogP contribution in [0.4, 0.5) is 10.5 Å². The number of hydrogen-bond donors (Lipinski definition) is 2. The van der Waals surface area contributed by atoms with Crippen LogP contribution in [0.5, 0.6) is 0 Å². The van der Waals surface area contributed by atoms with Gasteiger partial charge >= 0.3 is 6.03 Å². The third-order valence-electron chi connectivity index (χ3n) is 4.32. The van der Waals surface area contributed by atoms with Crippen LogP contribution in [0.25, 0.3) is 0 Å². The number of ether oxygens (including phenoxy) is 1. The number of likely N-dealkylation sites (tertiary alicyclic amines) is 1. The number of H-pyrrole nitrogens is 1. The van der Waals surface area contributed by atoms with Gasteiger partial charge in [0.05, 0.1) is 18.8 Å². The van der Waals surface area contributed by atoms with Gasteiger partial charge in [0.2, 0.25) is 0 Å². The highest BCUT2D eigenvalue weighted by atomic mass is 35.5. The van der Waals surface area contributed by atoms with Gasteiger partial charge in [0.25, 0.3) is 0 Å². The first kappa shape index (κ1) is 16.8. The first-order chi connectivity index (χ1) is 11.7. The monoisotopic (exact) mass is 348 g/mol. The van der Waals surface area contributed by atoms with E-state index < -0.39 is 0 Å². The molecule has 2 amide bonds. The highest BCUT2D eigenvalue weighted by molar-refractivity contribution is 6.31. The maximum absolute atomic E-state index is 12.8. The summed E-state index contributed by atoms with van der Waals surface area (Å²) in [6.07, 6.45) is 6.68. The Bertz CT molecular complexity index is 690. The van der Waals surface area contributed by atoms with Crippen molar-refractivity contribution in [2.75, 3.05) is 19.0 Å². The largest absolute Gasteiger partial charge is 0.380 e. The van der Waals surface area contributed by atoms with Crippen molar-refractivity contribution in [3.8, 4) is 0 Å². The summed E-state index contributed by atoms with van der Waals surface area (Å²) in [6, 6.07) is 5.37. The Labute approximate surface area is 146 Å². The van der Waals surface area contributed by atoms with Gasteiger partial charge in [-0.05, 0) is 31.4 Å². The lowest BCUT2D eigenvalue weighted by molar-refractivity contribution is 0.163. The minimum absolute atomic E-state index is 0.0440. The smallest absolute Gasteiger partial charge is 0.322 e. The van der Waals surface area contributed by atoms with E-state index in [0.717, 1.165) is 36.9 Å². The minimum Gasteiger partial charge on any atom is -0.380 e. The van der Waals surface area contributed by atoms with Gasteiger partial charge in [-0.25, -0.2) is 4.79 Å². The fraction of sp³-hybridized carbons (Fsp3) is 0.412. The quantitative estimate of drug-likeness (QED) is 0.878. The summed E-state index contributed by atoms with van der Waals surface area (Å²) in [5, 5.41) is 10.4. The second-order valence-electron chi connectivity index (χ2n) is 5.87. The fourth-order valence-corrected chi connectivity index (χ4v) is 3.35. The van der Waals surface area contributed by atoms with E-state index in [4.69, 9.17) is 16.3 Å². The molecule has 24 heavy (non-hydrogen) atoms. The second kappa shape index (κ2) is 7.68. The molecule has 0 saturated carbocycles. The van der Waals surface area contributed by atoms with Gasteiger partial charge in [0, 0.05) is 41.7 Å². The molecule has 1 aliphatic heterocycles. The number of halogens is 1. The van der Waals surface area contributed by atoms with Crippen LogP contribution >= 0.6 is 11.6 Å². The molecule has 0 bridgehead atoms. The summed E-state index contributed by atoms with van der Waals surface area (Å²) >= 11 is 6.23. The normalized spacial score (nSPS) is 17.8. The maximum atomic E-state index is 12.8. The van der Waals surface area contributed by atoms with E-state index >= 15 is 0 Å². The molecule has 2 heterocycles. The molecule has 2 N–H and O–H groups in total. The highest BCUT2D eigenvalue weighted by Crippen LogP contribution is 2.32. The van der Waals surface area contributed by atoms with Gasteiger partial charge in [-0.15, -0.1) is 0 Å². The molecule has 0 radical (unpaired) electrons. The number of anilines is 1. The van der Waals surface area contributed by atoms with E-state index in [2.05, 4.69) is 15.5 Å². The van der Waals surface area contributed by atoms with Crippen molar-refractivity contribution in [2.24, 2.45) is 0 Å². The van der Waals surface area contributed by atoms with Crippen LogP contribution in [0.15, 0.2) is 30.6 Å². The number of carbonyl (C=O) groups is 1. The number of hydrogen-bond acceptors (Lipinski definition) is 3. The van der Waals surface area contributed by atoms with Crippen molar-refractivity contribution in [1.29, 1.82) is 0 Å². The summed E-state index contributed by atoms with van der Waals surface area (Å²) in [6.45, 7) is 1.07. The molecular formula is C17H21ClN4O2. The molecule has 1 aliphatic rings. The van der Waals surface area contributed by atoms with Gasteiger partial charge in [-0.3, -0.25) is 5.10 Å². The van der Waals surface area contributed by atoms with Crippen LogP contribution in [-0.2, 0) is 11.3 Å². The number of nitrogens with zero attached hydrogens (tertiary/aromatic N) is 2. The SMILES string of the molecule is COCc1c(Cl)cccc1NC(=O)N1CCCC[C@H]1c1cn[nH]c1. The first-order valence-electron chi connectivity index (χ1n) is 8.03. The molecule has 7 heteroatoms. The van der Waals surface area contributed by atoms with E-state index in [-0.39, 0.29) is 12.1 Å². The number of urea groups is 1. The molecule has 3 rings (SSSR count). The van der Waals surface area contributed by atoms with Crippen molar-refractivity contribution in [3.63, 3.8) is 0 Å². The Kier molecular flexibility index (Phi) is 5.37. The van der Waals surface area contributed by atoms with Crippen LogP contribution in [0, 0.1) is 0 Å². The second-order valence-corrected chi connectivity index (χ2v) is 6.27. The molecule has 128 valence electrons. The average Bonchev–Trinajstić information content (AvgIpc) is 3.12. The Morgan fingerprint density at radius 1 is 1.50 bits per heavy atom. The van der Waals surface area contributed by atoms with Crippen molar-refractivity contribution in [2.45, 2.75) is 31.9 Å². The van der Waals surface area contributed by atoms with Crippen molar-refractivity contribution >= 4 is 23.3 Å². The molecule has 0 spiro atoms. The summed E-state index contributed by atoms with van der Waals surface area (Å²) in [7, 11) is 1.61. The molecule has 2 aromatic rings. The van der Waals surface area contributed by atoms with Gasteiger partial charge in [-0.1, -0.05) is 17.7 Å². The predicted octanol–water partition coefficient (Wildman–Crippen LogP) is 3.97. The van der Waals surface area contributed by atoms with E-state index in [1.807, 2.05) is 23.2 Å². The summed E-state index contributed by atoms with van der Waals surface area (Å²) in [5.74, 6) is 0. The topological polar surface area (TPSA) is 70.2 Å². The van der Waals surface area contributed by atoms with Crippen LogP contribution in [-0.4, -0.2) is 34.8 Å². The summed E-state index contributed by atoms with van der Waals surface area (Å²) in [5.41, 5.74) is 2.51. The number of benzene rings is 1. The molecule has 1 aromatic heterocycles. The molecule has 0 aliphatic carbocycles. The molecule has 1 atom stereocenters. The zero-order valence-electron chi connectivity index (χ0n) is 13.6. The standard InChI is InChI=1S/C17H21ClN4O2/c1-24-11-13-14(18)5-4-6-15(13)21-17(23)22-8-3-2-7-16(22)12-9-19-20-10-12/h4-6,9-10,16H,2-3,7-8,11H2,1H3,(H,19,20)(H,21,23)/t16-/m0/s1. The number of amides is 2. The van der Waals surface area contributed by atoms with Gasteiger partial charge in [-0.2, -0.15) is 5.10 Å². The van der Waals surface area contributed by atoms with Crippen LogP contribution in [0.2, 0.25) is 5.02 Å². The number of rotatable bonds is 4. The number of carbonyl (C=O) groups excluding carboxylic acids is 1. The van der Waals surface area contributed by atoms with Crippen LogP contribution < -0.4 is 5.32 Å². The molecule has 6 nitrogen and oxygen atoms in total. The minimum atomic E-state index is -0.125. The lowest BCUT2D eigenvalue weighted by Crippen LogP contribution is -2.41. The van der Waals surface area contributed by atoms with Gasteiger partial charge < -0.3 is 15.0 Å². The summed E-state index contributed by atoms with van der Waals surface area (Å²) < 4.78 is 5.19. The molecule has 1 fully saturated rings. The Hall–Kier alpha value is -2.05. The van der Waals surface area contributed by atoms with Crippen LogP contribution in [0.1, 0.15) is 36.4 Å². The predicted molar refractivity (Wildman–Crippen MR) is 93.1 cm³/mol. The number of aromatic amines is 1. The zero-order chi connectivity index (χ0) is 16.9. The molecule has 1 aromatic carbocycles. The van der Waals surface area contributed by atoms with Crippen molar-refractivity contribution < 1.29 is 9.53 Å². The van der Waals surface area contributed by atoms with Gasteiger partial charge in [0.15, 0.2) is 0 Å². The van der Waals surface area contributed by atoms with Crippen molar-refractivity contribution in [3.05, 3.63) is 46.7 Å².